The third-order valence-corrected chi connectivity index (χ3v) is 6.03. The topological polar surface area (TPSA) is 104 Å². The Morgan fingerprint density at radius 3 is 2.39 bits per heavy atom. The lowest BCUT2D eigenvalue weighted by Gasteiger charge is -2.26. The lowest BCUT2D eigenvalue weighted by Crippen LogP contribution is -2.33. The number of non-ortho nitro benzene ring substituents is 1. The average Bonchev–Trinajstić information content (AvgIpc) is 3.07. The molecule has 0 aliphatic carbocycles. The Balaban J connectivity index is 2.07. The number of aliphatic hydroxyl groups is 1. The molecule has 1 heterocycles. The standard InChI is InChI=1S/C25H29N3O5/c1-4-26(5-2)14-7-15-27-22(19-8-6-9-20(16-19)28(32)33)21(24(30)25(27)31)23(29)18-12-10-17(3)11-13-18/h6,8-13,16,22,29H,4-5,7,14-15H2,1-3H3. The van der Waals surface area contributed by atoms with Gasteiger partial charge in [0.15, 0.2) is 0 Å². The monoisotopic (exact) mass is 451 g/mol. The Morgan fingerprint density at radius 2 is 1.79 bits per heavy atom. The van der Waals surface area contributed by atoms with E-state index in [0.29, 0.717) is 24.1 Å². The molecule has 1 aliphatic heterocycles. The van der Waals surface area contributed by atoms with Gasteiger partial charge in [0.05, 0.1) is 16.5 Å². The molecule has 0 aromatic heterocycles. The third kappa shape index (κ3) is 5.12. The molecule has 8 heteroatoms. The van der Waals surface area contributed by atoms with Gasteiger partial charge in [-0.15, -0.1) is 0 Å². The number of likely N-dealkylation sites (tertiary alicyclic amines) is 1. The van der Waals surface area contributed by atoms with Crippen molar-refractivity contribution in [1.29, 1.82) is 0 Å². The highest BCUT2D eigenvalue weighted by Gasteiger charge is 2.46. The van der Waals surface area contributed by atoms with Crippen LogP contribution in [0.5, 0.6) is 0 Å². The Hall–Kier alpha value is -3.52. The van der Waals surface area contributed by atoms with Gasteiger partial charge < -0.3 is 14.9 Å². The van der Waals surface area contributed by atoms with Crippen molar-refractivity contribution in [1.82, 2.24) is 9.80 Å². The molecule has 33 heavy (non-hydrogen) atoms. The van der Waals surface area contributed by atoms with Crippen LogP contribution in [0.4, 0.5) is 5.69 Å². The van der Waals surface area contributed by atoms with E-state index in [2.05, 4.69) is 18.7 Å². The number of nitrogens with zero attached hydrogens (tertiary/aromatic N) is 3. The number of nitro groups is 1. The average molecular weight is 452 g/mol. The maximum absolute atomic E-state index is 13.1. The zero-order valence-corrected chi connectivity index (χ0v) is 19.2. The summed E-state index contributed by atoms with van der Waals surface area (Å²) >= 11 is 0. The molecule has 1 fully saturated rings. The Kier molecular flexibility index (Phi) is 7.60. The normalized spacial score (nSPS) is 17.7. The van der Waals surface area contributed by atoms with Crippen molar-refractivity contribution in [2.75, 3.05) is 26.2 Å². The number of amides is 1. The van der Waals surface area contributed by atoms with Gasteiger partial charge in [0.2, 0.25) is 0 Å². The number of Topliss-reactive ketones (excluding diaryl/α,β-unsaturated/α-hetero) is 1. The van der Waals surface area contributed by atoms with Crippen molar-refractivity contribution < 1.29 is 19.6 Å². The van der Waals surface area contributed by atoms with Gasteiger partial charge >= 0.3 is 0 Å². The van der Waals surface area contributed by atoms with Gasteiger partial charge in [-0.2, -0.15) is 0 Å². The predicted molar refractivity (Wildman–Crippen MR) is 126 cm³/mol. The number of aliphatic hydroxyl groups excluding tert-OH is 1. The van der Waals surface area contributed by atoms with E-state index in [4.69, 9.17) is 0 Å². The summed E-state index contributed by atoms with van der Waals surface area (Å²) in [6.45, 7) is 8.80. The number of aryl methyl sites for hydroxylation is 1. The molecule has 0 saturated carbocycles. The SMILES string of the molecule is CCN(CC)CCCN1C(=O)C(=O)C(=C(O)c2ccc(C)cc2)C1c1cccc([N+](=O)[O-])c1. The lowest BCUT2D eigenvalue weighted by atomic mass is 9.94. The number of hydrogen-bond acceptors (Lipinski definition) is 6. The van der Waals surface area contributed by atoms with Crippen LogP contribution in [0.25, 0.3) is 5.76 Å². The zero-order valence-electron chi connectivity index (χ0n) is 19.2. The molecule has 1 unspecified atom stereocenters. The van der Waals surface area contributed by atoms with E-state index in [1.54, 1.807) is 30.3 Å². The second kappa shape index (κ2) is 10.4. The molecule has 1 saturated heterocycles. The van der Waals surface area contributed by atoms with E-state index in [-0.39, 0.29) is 17.0 Å². The summed E-state index contributed by atoms with van der Waals surface area (Å²) in [6.07, 6.45) is 0.630. The first kappa shape index (κ1) is 24.1. The van der Waals surface area contributed by atoms with Crippen LogP contribution in [-0.2, 0) is 9.59 Å². The van der Waals surface area contributed by atoms with E-state index in [1.807, 2.05) is 6.92 Å². The highest BCUT2D eigenvalue weighted by atomic mass is 16.6. The minimum Gasteiger partial charge on any atom is -0.507 e. The molecule has 1 amide bonds. The van der Waals surface area contributed by atoms with E-state index in [1.165, 1.54) is 23.1 Å². The third-order valence-electron chi connectivity index (χ3n) is 6.03. The first-order valence-corrected chi connectivity index (χ1v) is 11.1. The summed E-state index contributed by atoms with van der Waals surface area (Å²) < 4.78 is 0. The van der Waals surface area contributed by atoms with Gasteiger partial charge in [-0.05, 0) is 38.5 Å². The van der Waals surface area contributed by atoms with Crippen LogP contribution < -0.4 is 0 Å². The molecule has 0 spiro atoms. The van der Waals surface area contributed by atoms with Crippen LogP contribution in [-0.4, -0.2) is 57.7 Å². The maximum atomic E-state index is 13.1. The summed E-state index contributed by atoms with van der Waals surface area (Å²) in [5.41, 5.74) is 1.62. The molecule has 8 nitrogen and oxygen atoms in total. The van der Waals surface area contributed by atoms with Crippen LogP contribution in [0.3, 0.4) is 0 Å². The summed E-state index contributed by atoms with van der Waals surface area (Å²) in [5.74, 6) is -1.77. The van der Waals surface area contributed by atoms with E-state index >= 15 is 0 Å². The molecule has 174 valence electrons. The molecule has 2 aromatic rings. The molecule has 1 atom stereocenters. The molecule has 0 radical (unpaired) electrons. The number of rotatable bonds is 9. The van der Waals surface area contributed by atoms with Gasteiger partial charge in [-0.25, -0.2) is 0 Å². The number of hydrogen-bond donors (Lipinski definition) is 1. The van der Waals surface area contributed by atoms with Crippen molar-refractivity contribution in [3.05, 3.63) is 80.9 Å². The van der Waals surface area contributed by atoms with Crippen molar-refractivity contribution in [3.8, 4) is 0 Å². The van der Waals surface area contributed by atoms with Gasteiger partial charge in [0.1, 0.15) is 5.76 Å². The summed E-state index contributed by atoms with van der Waals surface area (Å²) in [7, 11) is 0. The van der Waals surface area contributed by atoms with Crippen LogP contribution in [0.1, 0.15) is 43.0 Å². The number of ketones is 1. The van der Waals surface area contributed by atoms with E-state index in [0.717, 1.165) is 25.2 Å². The number of carbonyl (C=O) groups excluding carboxylic acids is 2. The highest BCUT2D eigenvalue weighted by molar-refractivity contribution is 6.46. The highest BCUT2D eigenvalue weighted by Crippen LogP contribution is 2.40. The van der Waals surface area contributed by atoms with Gasteiger partial charge in [-0.3, -0.25) is 19.7 Å². The summed E-state index contributed by atoms with van der Waals surface area (Å²) in [6, 6.07) is 12.0. The Bertz CT molecular complexity index is 1070. The zero-order chi connectivity index (χ0) is 24.1. The molecule has 0 bridgehead atoms. The molecular formula is C25H29N3O5. The minimum atomic E-state index is -0.900. The largest absolute Gasteiger partial charge is 0.507 e. The van der Waals surface area contributed by atoms with Crippen molar-refractivity contribution in [3.63, 3.8) is 0 Å². The fourth-order valence-electron chi connectivity index (χ4n) is 4.14. The fourth-order valence-corrected chi connectivity index (χ4v) is 4.14. The first-order chi connectivity index (χ1) is 15.8. The Labute approximate surface area is 193 Å². The fraction of sp³-hybridized carbons (Fsp3) is 0.360. The molecule has 1 N–H and O–H groups in total. The first-order valence-electron chi connectivity index (χ1n) is 11.1. The number of benzene rings is 2. The smallest absolute Gasteiger partial charge is 0.295 e. The summed E-state index contributed by atoms with van der Waals surface area (Å²) in [5, 5.41) is 22.4. The van der Waals surface area contributed by atoms with Gasteiger partial charge in [0.25, 0.3) is 17.4 Å². The van der Waals surface area contributed by atoms with Crippen LogP contribution in [0, 0.1) is 17.0 Å². The predicted octanol–water partition coefficient (Wildman–Crippen LogP) is 4.06. The summed E-state index contributed by atoms with van der Waals surface area (Å²) in [4.78, 5) is 40.5. The molecule has 3 rings (SSSR count). The number of carbonyl (C=O) groups is 2. The van der Waals surface area contributed by atoms with Crippen LogP contribution >= 0.6 is 0 Å². The van der Waals surface area contributed by atoms with Crippen LogP contribution in [0.15, 0.2) is 54.1 Å². The minimum absolute atomic E-state index is 0.0489. The van der Waals surface area contributed by atoms with Crippen molar-refractivity contribution in [2.45, 2.75) is 33.2 Å². The van der Waals surface area contributed by atoms with Gasteiger partial charge in [-0.1, -0.05) is 55.8 Å². The van der Waals surface area contributed by atoms with Crippen molar-refractivity contribution >= 4 is 23.1 Å². The van der Waals surface area contributed by atoms with E-state index < -0.39 is 22.7 Å². The van der Waals surface area contributed by atoms with E-state index in [9.17, 15) is 24.8 Å². The molecular weight excluding hydrogens is 422 g/mol. The Morgan fingerprint density at radius 1 is 1.12 bits per heavy atom. The van der Waals surface area contributed by atoms with Crippen molar-refractivity contribution in [2.24, 2.45) is 0 Å². The quantitative estimate of drug-likeness (QED) is 0.203. The number of nitro benzene ring substituents is 1. The maximum Gasteiger partial charge on any atom is 0.295 e. The lowest BCUT2D eigenvalue weighted by molar-refractivity contribution is -0.384. The van der Waals surface area contributed by atoms with Crippen LogP contribution in [0.2, 0.25) is 0 Å². The second-order valence-electron chi connectivity index (χ2n) is 8.09. The van der Waals surface area contributed by atoms with Gasteiger partial charge in [0, 0.05) is 24.2 Å². The molecule has 2 aromatic carbocycles. The molecule has 1 aliphatic rings. The second-order valence-corrected chi connectivity index (χ2v) is 8.09.